The van der Waals surface area contributed by atoms with Gasteiger partial charge in [-0.3, -0.25) is 4.79 Å². The number of hydrogen-bond donors (Lipinski definition) is 1. The van der Waals surface area contributed by atoms with Gasteiger partial charge in [0.2, 0.25) is 0 Å². The van der Waals surface area contributed by atoms with Crippen LogP contribution >= 0.6 is 0 Å². The molecule has 0 aliphatic rings. The first-order chi connectivity index (χ1) is 8.13. The smallest absolute Gasteiger partial charge is 0.303 e. The first kappa shape index (κ1) is 13.8. The van der Waals surface area contributed by atoms with Crippen molar-refractivity contribution in [1.29, 1.82) is 0 Å². The average molecular weight is 234 g/mol. The Morgan fingerprint density at radius 1 is 1.24 bits per heavy atom. The topological polar surface area (TPSA) is 37.3 Å². The third kappa shape index (κ3) is 5.03. The third-order valence-corrected chi connectivity index (χ3v) is 3.08. The van der Waals surface area contributed by atoms with Gasteiger partial charge in [0.15, 0.2) is 0 Å². The third-order valence-electron chi connectivity index (χ3n) is 3.08. The first-order valence-electron chi connectivity index (χ1n) is 6.43. The molecule has 1 aromatic rings. The lowest BCUT2D eigenvalue weighted by Crippen LogP contribution is -1.99. The van der Waals surface area contributed by atoms with Crippen LogP contribution < -0.4 is 0 Å². The monoisotopic (exact) mass is 234 g/mol. The summed E-state index contributed by atoms with van der Waals surface area (Å²) < 4.78 is 0. The first-order valence-corrected chi connectivity index (χ1v) is 6.43. The van der Waals surface area contributed by atoms with E-state index in [1.54, 1.807) is 0 Å². The van der Waals surface area contributed by atoms with E-state index in [1.807, 2.05) is 0 Å². The Kier molecular flexibility index (Phi) is 5.75. The molecule has 2 nitrogen and oxygen atoms in total. The van der Waals surface area contributed by atoms with E-state index >= 15 is 0 Å². The van der Waals surface area contributed by atoms with Crippen LogP contribution in [0.3, 0.4) is 0 Å². The molecule has 1 N–H and O–H groups in total. The lowest BCUT2D eigenvalue weighted by atomic mass is 9.98. The Morgan fingerprint density at radius 3 is 2.59 bits per heavy atom. The van der Waals surface area contributed by atoms with E-state index in [4.69, 9.17) is 5.11 Å². The molecule has 0 spiro atoms. The molecule has 0 bridgehead atoms. The minimum absolute atomic E-state index is 0.218. The molecule has 0 fully saturated rings. The largest absolute Gasteiger partial charge is 0.481 e. The van der Waals surface area contributed by atoms with Gasteiger partial charge < -0.3 is 5.11 Å². The van der Waals surface area contributed by atoms with E-state index in [0.29, 0.717) is 6.42 Å². The van der Waals surface area contributed by atoms with Crippen molar-refractivity contribution in [3.63, 3.8) is 0 Å². The lowest BCUT2D eigenvalue weighted by molar-refractivity contribution is -0.136. The fourth-order valence-corrected chi connectivity index (χ4v) is 2.01. The molecule has 0 heterocycles. The number of benzene rings is 1. The van der Waals surface area contributed by atoms with Gasteiger partial charge in [0, 0.05) is 6.42 Å². The number of rotatable bonds is 7. The highest BCUT2D eigenvalue weighted by Gasteiger charge is 2.03. The van der Waals surface area contributed by atoms with Gasteiger partial charge in [0.05, 0.1) is 0 Å². The normalized spacial score (nSPS) is 10.5. The van der Waals surface area contributed by atoms with Crippen LogP contribution in [0.2, 0.25) is 0 Å². The highest BCUT2D eigenvalue weighted by molar-refractivity contribution is 5.67. The second-order valence-corrected chi connectivity index (χ2v) is 4.61. The summed E-state index contributed by atoms with van der Waals surface area (Å²) in [5, 5.41) is 8.66. The van der Waals surface area contributed by atoms with Gasteiger partial charge >= 0.3 is 5.97 Å². The molecule has 0 aliphatic carbocycles. The van der Waals surface area contributed by atoms with E-state index in [-0.39, 0.29) is 6.42 Å². The summed E-state index contributed by atoms with van der Waals surface area (Å²) in [4.78, 5) is 10.5. The molecule has 17 heavy (non-hydrogen) atoms. The molecule has 0 aromatic heterocycles. The van der Waals surface area contributed by atoms with Crippen molar-refractivity contribution in [2.24, 2.45) is 0 Å². The predicted molar refractivity (Wildman–Crippen MR) is 70.4 cm³/mol. The molecule has 0 saturated heterocycles. The van der Waals surface area contributed by atoms with Crippen LogP contribution in [-0.2, 0) is 17.6 Å². The zero-order chi connectivity index (χ0) is 12.7. The van der Waals surface area contributed by atoms with E-state index in [9.17, 15) is 4.79 Å². The summed E-state index contributed by atoms with van der Waals surface area (Å²) in [6.45, 7) is 4.28. The standard InChI is InChI=1S/C15H22O2/c1-3-4-5-6-13-7-8-14(12(2)11-13)9-10-15(16)17/h7-8,11H,3-6,9-10H2,1-2H3,(H,16,17). The second-order valence-electron chi connectivity index (χ2n) is 4.61. The zero-order valence-corrected chi connectivity index (χ0v) is 10.8. The molecule has 1 aromatic carbocycles. The van der Waals surface area contributed by atoms with Crippen molar-refractivity contribution in [2.75, 3.05) is 0 Å². The Hall–Kier alpha value is -1.31. The summed E-state index contributed by atoms with van der Waals surface area (Å²) >= 11 is 0. The Labute approximate surface area is 104 Å². The van der Waals surface area contributed by atoms with Crippen LogP contribution in [0, 0.1) is 6.92 Å². The minimum Gasteiger partial charge on any atom is -0.481 e. The number of hydrogen-bond acceptors (Lipinski definition) is 1. The molecule has 0 unspecified atom stereocenters. The highest BCUT2D eigenvalue weighted by Crippen LogP contribution is 2.15. The number of unbranched alkanes of at least 4 members (excludes halogenated alkanes) is 2. The van der Waals surface area contributed by atoms with Crippen LogP contribution in [0.15, 0.2) is 18.2 Å². The van der Waals surface area contributed by atoms with Crippen molar-refractivity contribution in [2.45, 2.75) is 52.4 Å². The van der Waals surface area contributed by atoms with Gasteiger partial charge in [0.25, 0.3) is 0 Å². The maximum absolute atomic E-state index is 10.5. The van der Waals surface area contributed by atoms with Crippen LogP contribution in [0.1, 0.15) is 49.3 Å². The molecule has 0 atom stereocenters. The number of aryl methyl sites for hydroxylation is 3. The fraction of sp³-hybridized carbons (Fsp3) is 0.533. The average Bonchev–Trinajstić information content (AvgIpc) is 2.28. The maximum Gasteiger partial charge on any atom is 0.303 e. The van der Waals surface area contributed by atoms with Crippen molar-refractivity contribution in [3.8, 4) is 0 Å². The minimum atomic E-state index is -0.726. The van der Waals surface area contributed by atoms with Gasteiger partial charge in [-0.15, -0.1) is 0 Å². The van der Waals surface area contributed by atoms with Crippen LogP contribution in [0.25, 0.3) is 0 Å². The molecule has 0 amide bonds. The quantitative estimate of drug-likeness (QED) is 0.730. The summed E-state index contributed by atoms with van der Waals surface area (Å²) in [6, 6.07) is 6.42. The lowest BCUT2D eigenvalue weighted by Gasteiger charge is -2.07. The molecule has 0 aliphatic heterocycles. The molecule has 1 rings (SSSR count). The predicted octanol–water partition coefficient (Wildman–Crippen LogP) is 3.74. The SMILES string of the molecule is CCCCCc1ccc(CCC(=O)O)c(C)c1. The number of carboxylic acid groups (broad SMARTS) is 1. The Morgan fingerprint density at radius 2 is 2.00 bits per heavy atom. The van der Waals surface area contributed by atoms with Crippen LogP contribution in [0.5, 0.6) is 0 Å². The summed E-state index contributed by atoms with van der Waals surface area (Å²) in [5.74, 6) is -0.726. The maximum atomic E-state index is 10.5. The van der Waals surface area contributed by atoms with Gasteiger partial charge in [-0.05, 0) is 42.9 Å². The van der Waals surface area contributed by atoms with Crippen molar-refractivity contribution < 1.29 is 9.90 Å². The summed E-state index contributed by atoms with van der Waals surface area (Å²) in [6.07, 6.45) is 5.75. The van der Waals surface area contributed by atoms with Crippen molar-refractivity contribution in [1.82, 2.24) is 0 Å². The molecule has 0 saturated carbocycles. The summed E-state index contributed by atoms with van der Waals surface area (Å²) in [5.41, 5.74) is 3.75. The van der Waals surface area contributed by atoms with Gasteiger partial charge in [-0.1, -0.05) is 38.0 Å². The van der Waals surface area contributed by atoms with Gasteiger partial charge in [0.1, 0.15) is 0 Å². The van der Waals surface area contributed by atoms with Gasteiger partial charge in [-0.2, -0.15) is 0 Å². The van der Waals surface area contributed by atoms with E-state index < -0.39 is 5.97 Å². The molecule has 94 valence electrons. The highest BCUT2D eigenvalue weighted by atomic mass is 16.4. The van der Waals surface area contributed by atoms with Crippen molar-refractivity contribution >= 4 is 5.97 Å². The van der Waals surface area contributed by atoms with Crippen LogP contribution in [-0.4, -0.2) is 11.1 Å². The van der Waals surface area contributed by atoms with E-state index in [1.165, 1.54) is 30.4 Å². The van der Waals surface area contributed by atoms with E-state index in [2.05, 4.69) is 32.0 Å². The summed E-state index contributed by atoms with van der Waals surface area (Å²) in [7, 11) is 0. The van der Waals surface area contributed by atoms with Gasteiger partial charge in [-0.25, -0.2) is 0 Å². The fourth-order valence-electron chi connectivity index (χ4n) is 2.01. The second kappa shape index (κ2) is 7.10. The molecule has 2 heteroatoms. The Bertz CT molecular complexity index is 369. The number of carbonyl (C=O) groups is 1. The number of carboxylic acids is 1. The zero-order valence-electron chi connectivity index (χ0n) is 10.8. The van der Waals surface area contributed by atoms with Crippen LogP contribution in [0.4, 0.5) is 0 Å². The van der Waals surface area contributed by atoms with E-state index in [0.717, 1.165) is 12.0 Å². The molecular weight excluding hydrogens is 212 g/mol. The molecular formula is C15H22O2. The molecule has 0 radical (unpaired) electrons. The van der Waals surface area contributed by atoms with Crippen molar-refractivity contribution in [3.05, 3.63) is 34.9 Å². The number of aliphatic carboxylic acids is 1. The Balaban J connectivity index is 2.56.